The molecule has 6 heteroatoms. The molecule has 0 saturated carbocycles. The van der Waals surface area contributed by atoms with Crippen molar-refractivity contribution in [2.24, 2.45) is 5.73 Å². The van der Waals surface area contributed by atoms with E-state index < -0.39 is 0 Å². The van der Waals surface area contributed by atoms with E-state index >= 15 is 0 Å². The largest absolute Gasteiger partial charge is 0.330 e. The first-order valence-corrected chi connectivity index (χ1v) is 6.23. The molecule has 3 rings (SSSR count). The molecule has 0 fully saturated rings. The van der Waals surface area contributed by atoms with Crippen molar-refractivity contribution in [3.63, 3.8) is 0 Å². The van der Waals surface area contributed by atoms with E-state index in [2.05, 4.69) is 10.2 Å². The van der Waals surface area contributed by atoms with E-state index in [4.69, 9.17) is 5.73 Å². The van der Waals surface area contributed by atoms with Crippen LogP contribution in [0.25, 0.3) is 15.2 Å². The van der Waals surface area contributed by atoms with Crippen LogP contribution in [0.3, 0.4) is 0 Å². The zero-order valence-electron chi connectivity index (χ0n) is 9.06. The Morgan fingerprint density at radius 1 is 1.35 bits per heavy atom. The summed E-state index contributed by atoms with van der Waals surface area (Å²) in [5.74, 6) is 0.668. The molecule has 0 unspecified atom stereocenters. The first-order valence-electron chi connectivity index (χ1n) is 5.42. The van der Waals surface area contributed by atoms with Crippen LogP contribution < -0.4 is 5.73 Å². The van der Waals surface area contributed by atoms with Gasteiger partial charge in [-0.05, 0) is 31.2 Å². The zero-order valence-corrected chi connectivity index (χ0v) is 9.88. The lowest BCUT2D eigenvalue weighted by Crippen LogP contribution is -2.02. The molecular weight excluding hydrogens is 239 g/mol. The number of hydrogen-bond acceptors (Lipinski definition) is 4. The average molecular weight is 250 g/mol. The third kappa shape index (κ3) is 1.69. The fourth-order valence-electron chi connectivity index (χ4n) is 1.88. The summed E-state index contributed by atoms with van der Waals surface area (Å²) in [6.07, 6.45) is 1.67. The van der Waals surface area contributed by atoms with Crippen LogP contribution in [0.15, 0.2) is 18.2 Å². The van der Waals surface area contributed by atoms with Crippen LogP contribution >= 0.6 is 11.3 Å². The lowest BCUT2D eigenvalue weighted by Gasteiger charge is -1.97. The predicted octanol–water partition coefficient (Wildman–Crippen LogP) is 1.97. The topological polar surface area (TPSA) is 56.2 Å². The minimum Gasteiger partial charge on any atom is -0.330 e. The minimum atomic E-state index is -0.224. The molecule has 88 valence electrons. The monoisotopic (exact) mass is 250 g/mol. The lowest BCUT2D eigenvalue weighted by molar-refractivity contribution is 0.630. The van der Waals surface area contributed by atoms with Gasteiger partial charge in [-0.15, -0.1) is 10.2 Å². The fourth-order valence-corrected chi connectivity index (χ4v) is 2.89. The van der Waals surface area contributed by atoms with Crippen LogP contribution in [0.5, 0.6) is 0 Å². The number of halogens is 1. The van der Waals surface area contributed by atoms with Crippen molar-refractivity contribution >= 4 is 26.5 Å². The molecule has 3 aromatic rings. The van der Waals surface area contributed by atoms with Crippen LogP contribution in [-0.2, 0) is 6.42 Å². The van der Waals surface area contributed by atoms with Gasteiger partial charge < -0.3 is 5.73 Å². The van der Waals surface area contributed by atoms with E-state index in [9.17, 15) is 4.39 Å². The fraction of sp³-hybridized carbons (Fsp3) is 0.273. The summed E-state index contributed by atoms with van der Waals surface area (Å²) >= 11 is 1.45. The highest BCUT2D eigenvalue weighted by molar-refractivity contribution is 7.23. The molecule has 17 heavy (non-hydrogen) atoms. The molecule has 0 amide bonds. The van der Waals surface area contributed by atoms with Crippen LogP contribution in [0.2, 0.25) is 0 Å². The molecule has 1 aromatic carbocycles. The van der Waals surface area contributed by atoms with Gasteiger partial charge >= 0.3 is 0 Å². The molecule has 0 radical (unpaired) electrons. The summed E-state index contributed by atoms with van der Waals surface area (Å²) in [7, 11) is 0. The van der Waals surface area contributed by atoms with E-state index in [-0.39, 0.29) is 5.82 Å². The number of hydrogen-bond donors (Lipinski definition) is 1. The van der Waals surface area contributed by atoms with Gasteiger partial charge in [0.1, 0.15) is 11.6 Å². The van der Waals surface area contributed by atoms with Gasteiger partial charge in [-0.3, -0.25) is 4.40 Å². The molecule has 4 nitrogen and oxygen atoms in total. The number of rotatable bonds is 3. The highest BCUT2D eigenvalue weighted by atomic mass is 32.1. The second kappa shape index (κ2) is 4.05. The Kier molecular flexibility index (Phi) is 2.53. The number of benzene rings is 1. The van der Waals surface area contributed by atoms with Crippen molar-refractivity contribution in [3.8, 4) is 0 Å². The van der Waals surface area contributed by atoms with Gasteiger partial charge in [-0.25, -0.2) is 4.39 Å². The van der Waals surface area contributed by atoms with Gasteiger partial charge in [-0.1, -0.05) is 11.3 Å². The highest BCUT2D eigenvalue weighted by Gasteiger charge is 2.12. The van der Waals surface area contributed by atoms with E-state index in [0.717, 1.165) is 33.8 Å². The van der Waals surface area contributed by atoms with Crippen molar-refractivity contribution in [2.75, 3.05) is 6.54 Å². The van der Waals surface area contributed by atoms with E-state index in [0.29, 0.717) is 6.54 Å². The highest BCUT2D eigenvalue weighted by Crippen LogP contribution is 2.27. The van der Waals surface area contributed by atoms with Gasteiger partial charge in [0, 0.05) is 6.42 Å². The van der Waals surface area contributed by atoms with Crippen molar-refractivity contribution in [3.05, 3.63) is 29.8 Å². The summed E-state index contributed by atoms with van der Waals surface area (Å²) in [5.41, 5.74) is 6.45. The standard InChI is InChI=1S/C11H11FN4S/c12-7-3-4-8-9(6-7)17-11-15-14-10(16(8)11)2-1-5-13/h3-4,6H,1-2,5,13H2. The van der Waals surface area contributed by atoms with Gasteiger partial charge in [-0.2, -0.15) is 0 Å². The zero-order chi connectivity index (χ0) is 11.8. The Bertz CT molecular complexity index is 673. The second-order valence-corrected chi connectivity index (χ2v) is 4.85. The Morgan fingerprint density at radius 3 is 3.06 bits per heavy atom. The van der Waals surface area contributed by atoms with Crippen LogP contribution in [-0.4, -0.2) is 21.1 Å². The number of thiazole rings is 1. The lowest BCUT2D eigenvalue weighted by atomic mass is 10.3. The van der Waals surface area contributed by atoms with Gasteiger partial charge in [0.25, 0.3) is 0 Å². The van der Waals surface area contributed by atoms with E-state index in [1.165, 1.54) is 23.5 Å². The maximum atomic E-state index is 13.1. The maximum absolute atomic E-state index is 13.1. The Morgan fingerprint density at radius 2 is 2.24 bits per heavy atom. The van der Waals surface area contributed by atoms with E-state index in [1.54, 1.807) is 6.07 Å². The number of aryl methyl sites for hydroxylation is 1. The summed E-state index contributed by atoms with van der Waals surface area (Å²) < 4.78 is 16.0. The smallest absolute Gasteiger partial charge is 0.217 e. The molecule has 0 saturated heterocycles. The molecular formula is C11H11FN4S. The molecule has 0 atom stereocenters. The van der Waals surface area contributed by atoms with Crippen LogP contribution in [0.4, 0.5) is 4.39 Å². The molecule has 2 N–H and O–H groups in total. The third-order valence-electron chi connectivity index (χ3n) is 2.67. The molecule has 2 heterocycles. The quantitative estimate of drug-likeness (QED) is 0.773. The predicted molar refractivity (Wildman–Crippen MR) is 65.7 cm³/mol. The van der Waals surface area contributed by atoms with Crippen molar-refractivity contribution in [1.82, 2.24) is 14.6 Å². The van der Waals surface area contributed by atoms with E-state index in [1.807, 2.05) is 4.40 Å². The number of fused-ring (bicyclic) bond motifs is 3. The molecule has 0 aliphatic heterocycles. The SMILES string of the molecule is NCCCc1nnc2sc3cc(F)ccc3n12. The minimum absolute atomic E-state index is 0.224. The van der Waals surface area contributed by atoms with Crippen LogP contribution in [0, 0.1) is 5.82 Å². The Labute approximate surface area is 101 Å². The Balaban J connectivity index is 2.21. The molecule has 0 bridgehead atoms. The average Bonchev–Trinajstić information content (AvgIpc) is 2.84. The van der Waals surface area contributed by atoms with Crippen LogP contribution in [0.1, 0.15) is 12.2 Å². The molecule has 0 aliphatic carbocycles. The second-order valence-electron chi connectivity index (χ2n) is 3.84. The first-order chi connectivity index (χ1) is 8.29. The maximum Gasteiger partial charge on any atom is 0.217 e. The first kappa shape index (κ1) is 10.6. The van der Waals surface area contributed by atoms with Gasteiger partial charge in [0.2, 0.25) is 4.96 Å². The summed E-state index contributed by atoms with van der Waals surface area (Å²) in [4.78, 5) is 0.803. The number of aromatic nitrogens is 3. The van der Waals surface area contributed by atoms with Crippen molar-refractivity contribution in [1.29, 1.82) is 0 Å². The normalized spacial score (nSPS) is 11.6. The van der Waals surface area contributed by atoms with Gasteiger partial charge in [0.15, 0.2) is 0 Å². The molecule has 0 spiro atoms. The number of nitrogens with two attached hydrogens (primary N) is 1. The molecule has 0 aliphatic rings. The Hall–Kier alpha value is -1.53. The van der Waals surface area contributed by atoms with Crippen molar-refractivity contribution < 1.29 is 4.39 Å². The summed E-state index contributed by atoms with van der Waals surface area (Å²) in [6, 6.07) is 4.76. The molecule has 2 aromatic heterocycles. The van der Waals surface area contributed by atoms with Crippen molar-refractivity contribution in [2.45, 2.75) is 12.8 Å². The third-order valence-corrected chi connectivity index (χ3v) is 3.66. The summed E-state index contributed by atoms with van der Waals surface area (Å²) in [6.45, 7) is 0.631. The number of nitrogens with zero attached hydrogens (tertiary/aromatic N) is 3. The van der Waals surface area contributed by atoms with Gasteiger partial charge in [0.05, 0.1) is 10.2 Å². The summed E-state index contributed by atoms with van der Waals surface area (Å²) in [5, 5.41) is 8.25.